The summed E-state index contributed by atoms with van der Waals surface area (Å²) in [6.45, 7) is 9.93. The van der Waals surface area contributed by atoms with Gasteiger partial charge in [-0.1, -0.05) is 49.9 Å². The van der Waals surface area contributed by atoms with Crippen molar-refractivity contribution >= 4 is 17.3 Å². The molecule has 0 bridgehead atoms. The van der Waals surface area contributed by atoms with Crippen LogP contribution in [0.1, 0.15) is 58.4 Å². The van der Waals surface area contributed by atoms with Gasteiger partial charge in [-0.25, -0.2) is 4.39 Å². The number of hydrogen-bond donors (Lipinski definition) is 0. The zero-order chi connectivity index (χ0) is 25.6. The minimum absolute atomic E-state index is 0.0509. The highest BCUT2D eigenvalue weighted by molar-refractivity contribution is 5.93. The van der Waals surface area contributed by atoms with Crippen molar-refractivity contribution in [1.82, 2.24) is 0 Å². The third kappa shape index (κ3) is 4.67. The molecule has 0 amide bonds. The third-order valence-corrected chi connectivity index (χ3v) is 9.33. The molecule has 4 heteroatoms. The highest BCUT2D eigenvalue weighted by atomic mass is 19.1. The number of ketones is 1. The lowest BCUT2D eigenvalue weighted by atomic mass is 9.55. The second-order valence-corrected chi connectivity index (χ2v) is 11.5. The lowest BCUT2D eigenvalue weighted by Gasteiger charge is -2.47. The van der Waals surface area contributed by atoms with Crippen LogP contribution in [-0.2, 0) is 14.3 Å². The Morgan fingerprint density at radius 3 is 2.69 bits per heavy atom. The van der Waals surface area contributed by atoms with Gasteiger partial charge in [0.25, 0.3) is 0 Å². The summed E-state index contributed by atoms with van der Waals surface area (Å²) in [4.78, 5) is 24.7. The van der Waals surface area contributed by atoms with Crippen molar-refractivity contribution in [3.05, 3.63) is 77.7 Å². The fraction of sp³-hybridized carbons (Fsp3) is 0.500. The molecule has 1 unspecified atom stereocenters. The maximum atomic E-state index is 13.8. The number of allylic oxidation sites excluding steroid dienone is 7. The van der Waals surface area contributed by atoms with E-state index in [0.29, 0.717) is 17.8 Å². The fourth-order valence-electron chi connectivity index (χ4n) is 7.52. The number of carbonyl (C=O) groups excluding carboxylic acids is 2. The summed E-state index contributed by atoms with van der Waals surface area (Å²) in [6, 6.07) is 6.82. The van der Waals surface area contributed by atoms with Crippen LogP contribution in [0.15, 0.2) is 66.3 Å². The maximum absolute atomic E-state index is 13.8. The fourth-order valence-corrected chi connectivity index (χ4v) is 7.52. The van der Waals surface area contributed by atoms with Gasteiger partial charge in [-0.05, 0) is 110 Å². The van der Waals surface area contributed by atoms with Crippen molar-refractivity contribution in [3.63, 3.8) is 0 Å². The lowest BCUT2D eigenvalue weighted by molar-refractivity contribution is -0.144. The molecule has 2 saturated carbocycles. The first kappa shape index (κ1) is 24.9. The summed E-state index contributed by atoms with van der Waals surface area (Å²) < 4.78 is 19.5. The van der Waals surface area contributed by atoms with Crippen molar-refractivity contribution in [3.8, 4) is 0 Å². The summed E-state index contributed by atoms with van der Waals surface area (Å²) in [6.07, 6.45) is 13.6. The van der Waals surface area contributed by atoms with Crippen LogP contribution in [0.25, 0.3) is 5.57 Å². The van der Waals surface area contributed by atoms with Crippen LogP contribution in [0.4, 0.5) is 4.39 Å². The van der Waals surface area contributed by atoms with E-state index in [4.69, 9.17) is 4.74 Å². The van der Waals surface area contributed by atoms with Crippen LogP contribution < -0.4 is 0 Å². The number of halogens is 1. The summed E-state index contributed by atoms with van der Waals surface area (Å²) in [5.74, 6) is 1.70. The molecule has 0 aromatic heterocycles. The second-order valence-electron chi connectivity index (χ2n) is 11.5. The minimum Gasteiger partial charge on any atom is -0.462 e. The summed E-state index contributed by atoms with van der Waals surface area (Å²) in [7, 11) is 0. The first-order chi connectivity index (χ1) is 17.2. The molecule has 5 rings (SSSR count). The average molecular weight is 489 g/mol. The number of benzene rings is 1. The van der Waals surface area contributed by atoms with E-state index in [-0.39, 0.29) is 47.3 Å². The molecule has 0 spiro atoms. The molecule has 4 aliphatic rings. The summed E-state index contributed by atoms with van der Waals surface area (Å²) >= 11 is 0. The predicted molar refractivity (Wildman–Crippen MR) is 140 cm³/mol. The van der Waals surface area contributed by atoms with Gasteiger partial charge in [-0.15, -0.1) is 0 Å². The van der Waals surface area contributed by atoms with Crippen molar-refractivity contribution in [2.24, 2.45) is 41.4 Å². The Kier molecular flexibility index (Phi) is 6.89. The normalized spacial score (nSPS) is 35.9. The van der Waals surface area contributed by atoms with E-state index < -0.39 is 0 Å². The van der Waals surface area contributed by atoms with Crippen LogP contribution in [0, 0.1) is 47.2 Å². The van der Waals surface area contributed by atoms with E-state index in [2.05, 4.69) is 37.8 Å². The number of cyclic esters (lactones) is 1. The van der Waals surface area contributed by atoms with Crippen molar-refractivity contribution in [2.75, 3.05) is 0 Å². The molecule has 0 radical (unpaired) electrons. The monoisotopic (exact) mass is 488 g/mol. The predicted octanol–water partition coefficient (Wildman–Crippen LogP) is 7.11. The zero-order valence-electron chi connectivity index (χ0n) is 21.6. The number of Topliss-reactive ketones (excluding diaryl/α,β-unsaturated/α-hetero) is 1. The Morgan fingerprint density at radius 1 is 1.17 bits per heavy atom. The Hall–Kier alpha value is -2.75. The highest BCUT2D eigenvalue weighted by Crippen LogP contribution is 2.55. The first-order valence-electron chi connectivity index (χ1n) is 13.5. The van der Waals surface area contributed by atoms with Crippen molar-refractivity contribution in [2.45, 2.75) is 59.0 Å². The lowest BCUT2D eigenvalue weighted by Crippen LogP contribution is -2.44. The molecular weight excluding hydrogens is 451 g/mol. The number of rotatable bonds is 5. The van der Waals surface area contributed by atoms with Gasteiger partial charge in [-0.2, -0.15) is 0 Å². The second kappa shape index (κ2) is 9.95. The molecule has 1 aromatic rings. The minimum atomic E-state index is -0.208. The van der Waals surface area contributed by atoms with Gasteiger partial charge in [0.05, 0.1) is 5.92 Å². The van der Waals surface area contributed by atoms with Gasteiger partial charge < -0.3 is 4.74 Å². The smallest absolute Gasteiger partial charge is 0.309 e. The molecular formula is C32H37FO3. The van der Waals surface area contributed by atoms with Crippen LogP contribution in [0.2, 0.25) is 0 Å². The standard InChI is InChI=1S/C32H37FO3/c1-18-14-22(8-11-27(18)24-6-5-7-26(33)16-24)9-12-29-28-13-10-23(19(2)20(3)34)15-25(28)17-30-31(29)21(4)36-32(30)35/h5-9,11-12,16,18,21,23,25,28-31H,2,10,13-15,17H2,1,3-4H3/b12-9+/t18?,21-,23-,25-,28+,29+,30-,31+/m1/s1. The van der Waals surface area contributed by atoms with E-state index in [0.717, 1.165) is 48.8 Å². The molecule has 3 nitrogen and oxygen atoms in total. The van der Waals surface area contributed by atoms with E-state index in [9.17, 15) is 14.0 Å². The molecule has 190 valence electrons. The topological polar surface area (TPSA) is 43.4 Å². The van der Waals surface area contributed by atoms with Gasteiger partial charge in [-0.3, -0.25) is 9.59 Å². The van der Waals surface area contributed by atoms with Crippen LogP contribution in [0.5, 0.6) is 0 Å². The summed E-state index contributed by atoms with van der Waals surface area (Å²) in [5.41, 5.74) is 4.11. The van der Waals surface area contributed by atoms with Crippen LogP contribution >= 0.6 is 0 Å². The number of ether oxygens (including phenoxy) is 1. The largest absolute Gasteiger partial charge is 0.462 e. The molecule has 3 aliphatic carbocycles. The SMILES string of the molecule is C=C(C(C)=O)[C@@H]1CC[C@H]2[C@H](C1)C[C@H]1C(=O)O[C@H](C)[C@H]1[C@H]2/C=C/C1=CC=C(c2cccc(F)c2)C(C)C1. The van der Waals surface area contributed by atoms with Crippen LogP contribution in [-0.4, -0.2) is 17.9 Å². The van der Waals surface area contributed by atoms with Crippen molar-refractivity contribution < 1.29 is 18.7 Å². The molecule has 1 saturated heterocycles. The number of carbonyl (C=O) groups is 2. The van der Waals surface area contributed by atoms with Crippen LogP contribution in [0.3, 0.4) is 0 Å². The molecule has 1 aliphatic heterocycles. The van der Waals surface area contributed by atoms with Gasteiger partial charge >= 0.3 is 5.97 Å². The molecule has 8 atom stereocenters. The molecule has 36 heavy (non-hydrogen) atoms. The average Bonchev–Trinajstić information content (AvgIpc) is 3.13. The molecule has 3 fully saturated rings. The van der Waals surface area contributed by atoms with E-state index in [1.165, 1.54) is 11.6 Å². The third-order valence-electron chi connectivity index (χ3n) is 9.33. The highest BCUT2D eigenvalue weighted by Gasteiger charge is 2.54. The van der Waals surface area contributed by atoms with E-state index in [1.54, 1.807) is 19.1 Å². The Morgan fingerprint density at radius 2 is 1.97 bits per heavy atom. The Bertz CT molecular complexity index is 1160. The van der Waals surface area contributed by atoms with E-state index >= 15 is 0 Å². The summed E-state index contributed by atoms with van der Waals surface area (Å²) in [5, 5.41) is 0. The van der Waals surface area contributed by atoms with E-state index in [1.807, 2.05) is 13.0 Å². The quantitative estimate of drug-likeness (QED) is 0.328. The molecule has 1 heterocycles. The number of hydrogen-bond acceptors (Lipinski definition) is 3. The van der Waals surface area contributed by atoms with Crippen molar-refractivity contribution in [1.29, 1.82) is 0 Å². The number of fused-ring (bicyclic) bond motifs is 2. The van der Waals surface area contributed by atoms with Gasteiger partial charge in [0.1, 0.15) is 11.9 Å². The first-order valence-corrected chi connectivity index (χ1v) is 13.5. The van der Waals surface area contributed by atoms with Gasteiger partial charge in [0.2, 0.25) is 0 Å². The Balaban J connectivity index is 1.39. The molecule has 1 aromatic carbocycles. The number of esters is 1. The van der Waals surface area contributed by atoms with Gasteiger partial charge in [0, 0.05) is 5.92 Å². The zero-order valence-corrected chi connectivity index (χ0v) is 21.6. The molecule has 0 N–H and O–H groups in total. The Labute approximate surface area is 214 Å². The maximum Gasteiger partial charge on any atom is 0.309 e. The van der Waals surface area contributed by atoms with Gasteiger partial charge in [0.15, 0.2) is 5.78 Å².